The maximum atomic E-state index is 5.45. The van der Waals surface area contributed by atoms with Gasteiger partial charge in [0.15, 0.2) is 4.77 Å². The van der Waals surface area contributed by atoms with Crippen molar-refractivity contribution in [1.82, 2.24) is 9.55 Å². The predicted molar refractivity (Wildman–Crippen MR) is 87.4 cm³/mol. The Bertz CT molecular complexity index is 851. The second kappa shape index (κ2) is 5.07. The van der Waals surface area contributed by atoms with Crippen LogP contribution in [-0.2, 0) is 0 Å². The van der Waals surface area contributed by atoms with Crippen molar-refractivity contribution >= 4 is 39.2 Å². The first-order chi connectivity index (χ1) is 9.60. The number of benzene rings is 2. The number of H-pyrrole nitrogens is 1. The van der Waals surface area contributed by atoms with Gasteiger partial charge in [0, 0.05) is 6.07 Å². The molecule has 0 unspecified atom stereocenters. The highest BCUT2D eigenvalue weighted by Crippen LogP contribution is 2.29. The van der Waals surface area contributed by atoms with E-state index in [0.717, 1.165) is 26.9 Å². The van der Waals surface area contributed by atoms with E-state index in [2.05, 4.69) is 46.0 Å². The summed E-state index contributed by atoms with van der Waals surface area (Å²) in [5.41, 5.74) is 4.28. The summed E-state index contributed by atoms with van der Waals surface area (Å²) in [5.74, 6) is 0.783. The van der Waals surface area contributed by atoms with Gasteiger partial charge in [0.25, 0.3) is 0 Å². The summed E-state index contributed by atoms with van der Waals surface area (Å²) in [7, 11) is 1.65. The van der Waals surface area contributed by atoms with Crippen LogP contribution in [0.5, 0.6) is 5.75 Å². The summed E-state index contributed by atoms with van der Waals surface area (Å²) < 4.78 is 8.96. The van der Waals surface area contributed by atoms with Crippen molar-refractivity contribution in [3.8, 4) is 11.4 Å². The van der Waals surface area contributed by atoms with E-state index in [9.17, 15) is 0 Å². The van der Waals surface area contributed by atoms with E-state index in [0.29, 0.717) is 4.77 Å². The van der Waals surface area contributed by atoms with E-state index in [4.69, 9.17) is 17.0 Å². The van der Waals surface area contributed by atoms with Gasteiger partial charge in [-0.15, -0.1) is 0 Å². The van der Waals surface area contributed by atoms with Gasteiger partial charge in [0.05, 0.1) is 28.3 Å². The number of halogens is 1. The van der Waals surface area contributed by atoms with Crippen molar-refractivity contribution < 1.29 is 4.74 Å². The van der Waals surface area contributed by atoms with E-state index < -0.39 is 0 Å². The van der Waals surface area contributed by atoms with Crippen LogP contribution in [0.25, 0.3) is 16.7 Å². The number of aromatic amines is 1. The van der Waals surface area contributed by atoms with Gasteiger partial charge in [-0.1, -0.05) is 6.07 Å². The number of rotatable bonds is 2. The van der Waals surface area contributed by atoms with Crippen molar-refractivity contribution in [3.63, 3.8) is 0 Å². The highest BCUT2D eigenvalue weighted by atomic mass is 79.9. The zero-order valence-electron chi connectivity index (χ0n) is 11.1. The molecule has 3 aromatic rings. The Morgan fingerprint density at radius 3 is 2.75 bits per heavy atom. The maximum absolute atomic E-state index is 5.45. The van der Waals surface area contributed by atoms with Crippen molar-refractivity contribution in [2.24, 2.45) is 0 Å². The minimum absolute atomic E-state index is 0.676. The lowest BCUT2D eigenvalue weighted by molar-refractivity contribution is 0.412. The number of nitrogens with one attached hydrogen (secondary N) is 1. The Morgan fingerprint density at radius 2 is 2.00 bits per heavy atom. The zero-order chi connectivity index (χ0) is 14.3. The molecule has 0 saturated carbocycles. The van der Waals surface area contributed by atoms with E-state index in [1.807, 2.05) is 22.8 Å². The summed E-state index contributed by atoms with van der Waals surface area (Å²) in [5, 5.41) is 0. The molecule has 3 nitrogen and oxygen atoms in total. The van der Waals surface area contributed by atoms with Crippen LogP contribution in [0.3, 0.4) is 0 Å². The van der Waals surface area contributed by atoms with Gasteiger partial charge >= 0.3 is 0 Å². The molecule has 1 heterocycles. The van der Waals surface area contributed by atoms with Crippen molar-refractivity contribution in [1.29, 1.82) is 0 Å². The first kappa shape index (κ1) is 13.4. The Balaban J connectivity index is 2.29. The third-order valence-electron chi connectivity index (χ3n) is 3.23. The average molecular weight is 349 g/mol. The number of aryl methyl sites for hydroxylation is 1. The minimum atomic E-state index is 0.676. The summed E-state index contributed by atoms with van der Waals surface area (Å²) in [4.78, 5) is 3.24. The molecule has 0 spiro atoms. The Hall–Kier alpha value is -1.59. The van der Waals surface area contributed by atoms with Crippen molar-refractivity contribution in [2.45, 2.75) is 6.92 Å². The van der Waals surface area contributed by atoms with Gasteiger partial charge in [0.1, 0.15) is 5.75 Å². The number of fused-ring (bicyclic) bond motifs is 1. The molecule has 0 fully saturated rings. The van der Waals surface area contributed by atoms with Crippen LogP contribution in [0, 0.1) is 11.7 Å². The topological polar surface area (TPSA) is 29.9 Å². The van der Waals surface area contributed by atoms with Crippen LogP contribution in [0.2, 0.25) is 0 Å². The molecule has 0 aliphatic carbocycles. The third kappa shape index (κ3) is 2.17. The number of hydrogen-bond donors (Lipinski definition) is 1. The van der Waals surface area contributed by atoms with E-state index >= 15 is 0 Å². The maximum Gasteiger partial charge on any atom is 0.182 e. The van der Waals surface area contributed by atoms with Gasteiger partial charge in [-0.05, 0) is 64.9 Å². The predicted octanol–water partition coefficient (Wildman–Crippen LogP) is 4.77. The summed E-state index contributed by atoms with van der Waals surface area (Å²) in [6, 6.07) is 12.2. The van der Waals surface area contributed by atoms with Crippen LogP contribution < -0.4 is 4.74 Å². The lowest BCUT2D eigenvalue weighted by Crippen LogP contribution is -1.95. The highest BCUT2D eigenvalue weighted by Gasteiger charge is 2.09. The fourth-order valence-electron chi connectivity index (χ4n) is 2.27. The van der Waals surface area contributed by atoms with Crippen molar-refractivity contribution in [3.05, 3.63) is 51.2 Å². The molecule has 0 bridgehead atoms. The number of ether oxygens (including phenoxy) is 1. The quantitative estimate of drug-likeness (QED) is 0.676. The molecule has 0 radical (unpaired) electrons. The van der Waals surface area contributed by atoms with Gasteiger partial charge in [-0.3, -0.25) is 4.57 Å². The first-order valence-corrected chi connectivity index (χ1v) is 7.35. The number of methoxy groups -OCH3 is 1. The summed E-state index contributed by atoms with van der Waals surface area (Å²) >= 11 is 8.91. The summed E-state index contributed by atoms with van der Waals surface area (Å²) in [6.45, 7) is 2.07. The molecule has 0 atom stereocenters. The van der Waals surface area contributed by atoms with Crippen LogP contribution in [0.4, 0.5) is 0 Å². The monoisotopic (exact) mass is 348 g/mol. The molecule has 5 heteroatoms. The van der Waals surface area contributed by atoms with Crippen LogP contribution in [0.1, 0.15) is 5.56 Å². The number of hydrogen-bond acceptors (Lipinski definition) is 2. The molecule has 0 amide bonds. The molecule has 1 N–H and O–H groups in total. The van der Waals surface area contributed by atoms with Gasteiger partial charge in [-0.2, -0.15) is 0 Å². The van der Waals surface area contributed by atoms with E-state index in [1.54, 1.807) is 7.11 Å². The van der Waals surface area contributed by atoms with Crippen molar-refractivity contribution in [2.75, 3.05) is 7.11 Å². The molecule has 1 aromatic heterocycles. The highest BCUT2D eigenvalue weighted by molar-refractivity contribution is 9.10. The standard InChI is InChI=1S/C15H13BrN2OS/c1-9-3-6-13-12(7-9)17-15(20)18(13)10-4-5-11(16)14(8-10)19-2/h3-8H,1-2H3,(H,17,20). The Labute approximate surface area is 130 Å². The normalized spacial score (nSPS) is 10.9. The van der Waals surface area contributed by atoms with Crippen LogP contribution >= 0.6 is 28.1 Å². The molecule has 0 aliphatic heterocycles. The first-order valence-electron chi connectivity index (χ1n) is 6.15. The van der Waals surface area contributed by atoms with E-state index in [-0.39, 0.29) is 0 Å². The third-order valence-corrected chi connectivity index (χ3v) is 4.17. The van der Waals surface area contributed by atoms with Crippen LogP contribution in [0.15, 0.2) is 40.9 Å². The fraction of sp³-hybridized carbons (Fsp3) is 0.133. The Kier molecular flexibility index (Phi) is 3.40. The Morgan fingerprint density at radius 1 is 1.20 bits per heavy atom. The minimum Gasteiger partial charge on any atom is -0.495 e. The molecular formula is C15H13BrN2OS. The number of imidazole rings is 1. The summed E-state index contributed by atoms with van der Waals surface area (Å²) in [6.07, 6.45) is 0. The number of aromatic nitrogens is 2. The average Bonchev–Trinajstić information content (AvgIpc) is 2.74. The molecule has 102 valence electrons. The molecule has 0 saturated heterocycles. The van der Waals surface area contributed by atoms with E-state index in [1.165, 1.54) is 5.56 Å². The molecule has 0 aliphatic rings. The molecule has 2 aromatic carbocycles. The van der Waals surface area contributed by atoms with Gasteiger partial charge in [-0.25, -0.2) is 0 Å². The second-order valence-corrected chi connectivity index (χ2v) is 5.85. The van der Waals surface area contributed by atoms with Gasteiger partial charge < -0.3 is 9.72 Å². The fourth-order valence-corrected chi connectivity index (χ4v) is 2.99. The van der Waals surface area contributed by atoms with Gasteiger partial charge in [0.2, 0.25) is 0 Å². The molecular weight excluding hydrogens is 336 g/mol. The second-order valence-electron chi connectivity index (χ2n) is 4.61. The number of nitrogens with zero attached hydrogens (tertiary/aromatic N) is 1. The lowest BCUT2D eigenvalue weighted by atomic mass is 10.2. The lowest BCUT2D eigenvalue weighted by Gasteiger charge is -2.08. The largest absolute Gasteiger partial charge is 0.495 e. The SMILES string of the molecule is COc1cc(-n2c(=S)[nH]c3cc(C)ccc32)ccc1Br. The molecule has 20 heavy (non-hydrogen) atoms. The van der Waals surface area contributed by atoms with Crippen LogP contribution in [-0.4, -0.2) is 16.7 Å². The smallest absolute Gasteiger partial charge is 0.182 e. The molecule has 3 rings (SSSR count). The zero-order valence-corrected chi connectivity index (χ0v) is 13.5.